The summed E-state index contributed by atoms with van der Waals surface area (Å²) >= 11 is 0. The van der Waals surface area contributed by atoms with Crippen LogP contribution < -0.4 is 11.1 Å². The second-order valence-electron chi connectivity index (χ2n) is 4.05. The highest BCUT2D eigenvalue weighted by atomic mass is 16.6. The maximum Gasteiger partial charge on any atom is 0.277 e. The van der Waals surface area contributed by atoms with Crippen molar-refractivity contribution in [1.82, 2.24) is 15.6 Å². The fraction of sp³-hybridized carbons (Fsp3) is 0.250. The standard InChI is InChI=1S/C12H14N4O2/c1-7-5-3-4-6-9(7)8(2)14-12(17)10-11(13)16-18-15-10/h3-6,8H,1-2H3,(H2,13,16)(H,14,17)/t8-/m0/s1. The third-order valence-electron chi connectivity index (χ3n) is 2.73. The molecule has 1 heterocycles. The minimum atomic E-state index is -0.399. The van der Waals surface area contributed by atoms with Crippen LogP contribution in [0.15, 0.2) is 28.9 Å². The van der Waals surface area contributed by atoms with Gasteiger partial charge in [-0.2, -0.15) is 0 Å². The molecule has 0 saturated heterocycles. The van der Waals surface area contributed by atoms with Crippen LogP contribution in [0.3, 0.4) is 0 Å². The molecule has 18 heavy (non-hydrogen) atoms. The van der Waals surface area contributed by atoms with Crippen molar-refractivity contribution in [3.05, 3.63) is 41.1 Å². The van der Waals surface area contributed by atoms with Crippen molar-refractivity contribution in [2.75, 3.05) is 5.73 Å². The van der Waals surface area contributed by atoms with E-state index in [0.717, 1.165) is 11.1 Å². The van der Waals surface area contributed by atoms with Crippen molar-refractivity contribution in [2.45, 2.75) is 19.9 Å². The first-order chi connectivity index (χ1) is 8.59. The van der Waals surface area contributed by atoms with Gasteiger partial charge < -0.3 is 11.1 Å². The van der Waals surface area contributed by atoms with Gasteiger partial charge in [-0.05, 0) is 35.3 Å². The number of amides is 1. The van der Waals surface area contributed by atoms with Crippen molar-refractivity contribution >= 4 is 11.7 Å². The molecule has 0 aliphatic heterocycles. The van der Waals surface area contributed by atoms with Crippen LogP contribution in [0.4, 0.5) is 5.82 Å². The Labute approximate surface area is 104 Å². The van der Waals surface area contributed by atoms with E-state index in [1.165, 1.54) is 0 Å². The zero-order valence-electron chi connectivity index (χ0n) is 10.2. The van der Waals surface area contributed by atoms with Gasteiger partial charge in [-0.25, -0.2) is 4.63 Å². The molecule has 6 nitrogen and oxygen atoms in total. The number of hydrogen-bond acceptors (Lipinski definition) is 5. The molecule has 0 saturated carbocycles. The van der Waals surface area contributed by atoms with Crippen LogP contribution in [-0.2, 0) is 0 Å². The maximum atomic E-state index is 11.9. The number of rotatable bonds is 3. The largest absolute Gasteiger partial charge is 0.379 e. The van der Waals surface area contributed by atoms with Crippen molar-refractivity contribution in [3.63, 3.8) is 0 Å². The Morgan fingerprint density at radius 3 is 2.72 bits per heavy atom. The highest BCUT2D eigenvalue weighted by Crippen LogP contribution is 2.17. The Hall–Kier alpha value is -2.37. The highest BCUT2D eigenvalue weighted by molar-refractivity contribution is 5.96. The molecule has 1 atom stereocenters. The van der Waals surface area contributed by atoms with Gasteiger partial charge in [0.25, 0.3) is 5.91 Å². The summed E-state index contributed by atoms with van der Waals surface area (Å²) in [4.78, 5) is 11.9. The summed E-state index contributed by atoms with van der Waals surface area (Å²) in [7, 11) is 0. The summed E-state index contributed by atoms with van der Waals surface area (Å²) in [6.45, 7) is 3.88. The molecule has 3 N–H and O–H groups in total. The van der Waals surface area contributed by atoms with Gasteiger partial charge in [-0.3, -0.25) is 4.79 Å². The molecule has 0 spiro atoms. The molecule has 1 aromatic heterocycles. The van der Waals surface area contributed by atoms with E-state index >= 15 is 0 Å². The van der Waals surface area contributed by atoms with E-state index in [-0.39, 0.29) is 17.6 Å². The first-order valence-corrected chi connectivity index (χ1v) is 5.54. The summed E-state index contributed by atoms with van der Waals surface area (Å²) in [5.41, 5.74) is 7.62. The molecule has 94 valence electrons. The molecule has 0 aliphatic carbocycles. The van der Waals surface area contributed by atoms with Crippen LogP contribution in [0.2, 0.25) is 0 Å². The van der Waals surface area contributed by atoms with Crippen LogP contribution in [0, 0.1) is 6.92 Å². The molecule has 0 fully saturated rings. The Morgan fingerprint density at radius 2 is 2.11 bits per heavy atom. The SMILES string of the molecule is Cc1ccccc1[C@H](C)NC(=O)c1nonc1N. The van der Waals surface area contributed by atoms with Gasteiger partial charge in [0.1, 0.15) is 0 Å². The molecular formula is C12H14N4O2. The summed E-state index contributed by atoms with van der Waals surface area (Å²) in [6, 6.07) is 7.69. The van der Waals surface area contributed by atoms with Gasteiger partial charge >= 0.3 is 0 Å². The summed E-state index contributed by atoms with van der Waals surface area (Å²) < 4.78 is 4.39. The number of nitrogens with zero attached hydrogens (tertiary/aromatic N) is 2. The lowest BCUT2D eigenvalue weighted by Gasteiger charge is -2.15. The van der Waals surface area contributed by atoms with E-state index in [1.807, 2.05) is 38.1 Å². The molecular weight excluding hydrogens is 232 g/mol. The minimum Gasteiger partial charge on any atom is -0.379 e. The van der Waals surface area contributed by atoms with Crippen LogP contribution >= 0.6 is 0 Å². The summed E-state index contributed by atoms with van der Waals surface area (Å²) in [5.74, 6) is -0.408. The number of hydrogen-bond donors (Lipinski definition) is 2. The van der Waals surface area contributed by atoms with Gasteiger partial charge in [0.2, 0.25) is 11.5 Å². The Morgan fingerprint density at radius 1 is 1.39 bits per heavy atom. The number of carbonyl (C=O) groups excluding carboxylic acids is 1. The van der Waals surface area contributed by atoms with E-state index in [1.54, 1.807) is 0 Å². The molecule has 1 amide bonds. The lowest BCUT2D eigenvalue weighted by atomic mass is 10.0. The zero-order chi connectivity index (χ0) is 13.1. The van der Waals surface area contributed by atoms with E-state index in [0.29, 0.717) is 0 Å². The lowest BCUT2D eigenvalue weighted by molar-refractivity contribution is 0.0930. The maximum absolute atomic E-state index is 11.9. The molecule has 2 rings (SSSR count). The Bertz CT molecular complexity index is 565. The number of anilines is 1. The number of aromatic nitrogens is 2. The van der Waals surface area contributed by atoms with E-state index in [9.17, 15) is 4.79 Å². The third kappa shape index (κ3) is 2.32. The van der Waals surface area contributed by atoms with E-state index in [4.69, 9.17) is 5.73 Å². The average Bonchev–Trinajstić information content (AvgIpc) is 2.76. The first-order valence-electron chi connectivity index (χ1n) is 5.54. The fourth-order valence-corrected chi connectivity index (χ4v) is 1.77. The van der Waals surface area contributed by atoms with Crippen molar-refractivity contribution in [3.8, 4) is 0 Å². The predicted molar refractivity (Wildman–Crippen MR) is 65.8 cm³/mol. The zero-order valence-corrected chi connectivity index (χ0v) is 10.2. The number of nitrogens with two attached hydrogens (primary N) is 1. The van der Waals surface area contributed by atoms with E-state index < -0.39 is 5.91 Å². The number of nitrogens with one attached hydrogen (secondary N) is 1. The average molecular weight is 246 g/mol. The molecule has 0 unspecified atom stereocenters. The van der Waals surface area contributed by atoms with Crippen molar-refractivity contribution in [1.29, 1.82) is 0 Å². The normalized spacial score (nSPS) is 12.1. The van der Waals surface area contributed by atoms with Gasteiger partial charge in [0, 0.05) is 0 Å². The molecule has 6 heteroatoms. The lowest BCUT2D eigenvalue weighted by Crippen LogP contribution is -2.28. The van der Waals surface area contributed by atoms with E-state index in [2.05, 4.69) is 20.3 Å². The van der Waals surface area contributed by atoms with Gasteiger partial charge in [0.15, 0.2) is 0 Å². The summed E-state index contributed by atoms with van der Waals surface area (Å²) in [6.07, 6.45) is 0. The van der Waals surface area contributed by atoms with Crippen molar-refractivity contribution in [2.24, 2.45) is 0 Å². The monoisotopic (exact) mass is 246 g/mol. The third-order valence-corrected chi connectivity index (χ3v) is 2.73. The summed E-state index contributed by atoms with van der Waals surface area (Å²) in [5, 5.41) is 9.63. The van der Waals surface area contributed by atoms with Crippen LogP contribution in [-0.4, -0.2) is 16.2 Å². The molecule has 0 radical (unpaired) electrons. The number of carbonyl (C=O) groups is 1. The second kappa shape index (κ2) is 4.87. The molecule has 1 aromatic carbocycles. The van der Waals surface area contributed by atoms with Gasteiger partial charge in [0.05, 0.1) is 6.04 Å². The van der Waals surface area contributed by atoms with Crippen LogP contribution in [0.1, 0.15) is 34.6 Å². The number of benzene rings is 1. The van der Waals surface area contributed by atoms with Crippen LogP contribution in [0.25, 0.3) is 0 Å². The van der Waals surface area contributed by atoms with Crippen LogP contribution in [0.5, 0.6) is 0 Å². The molecule has 2 aromatic rings. The fourth-order valence-electron chi connectivity index (χ4n) is 1.77. The Balaban J connectivity index is 2.13. The predicted octanol–water partition coefficient (Wildman–Crippen LogP) is 1.45. The quantitative estimate of drug-likeness (QED) is 0.854. The van der Waals surface area contributed by atoms with Gasteiger partial charge in [-0.1, -0.05) is 24.3 Å². The molecule has 0 aliphatic rings. The Kier molecular flexibility index (Phi) is 3.27. The number of nitrogen functional groups attached to an aromatic ring is 1. The molecule has 0 bridgehead atoms. The minimum absolute atomic E-state index is 0.00966. The van der Waals surface area contributed by atoms with Crippen molar-refractivity contribution < 1.29 is 9.42 Å². The highest BCUT2D eigenvalue weighted by Gasteiger charge is 2.19. The smallest absolute Gasteiger partial charge is 0.277 e. The van der Waals surface area contributed by atoms with Gasteiger partial charge in [-0.15, -0.1) is 0 Å². The first kappa shape index (κ1) is 12.1. The topological polar surface area (TPSA) is 94.0 Å². The second-order valence-corrected chi connectivity index (χ2v) is 4.05. The number of aryl methyl sites for hydroxylation is 1.